The summed E-state index contributed by atoms with van der Waals surface area (Å²) in [4.78, 5) is 0. The standard InChI is InChI=1S/C13H24N2O2/c1-2-17-12-10-11(13(12)4-3-5-13)14-15-6-8-16-9-7-15/h11-12,14H,2-10H2,1H3. The minimum atomic E-state index is 0.467. The molecule has 3 fully saturated rings. The monoisotopic (exact) mass is 240 g/mol. The van der Waals surface area contributed by atoms with Crippen molar-refractivity contribution in [2.45, 2.75) is 44.8 Å². The highest BCUT2D eigenvalue weighted by molar-refractivity contribution is 5.11. The van der Waals surface area contributed by atoms with Crippen molar-refractivity contribution < 1.29 is 9.47 Å². The minimum Gasteiger partial charge on any atom is -0.379 e. The fourth-order valence-electron chi connectivity index (χ4n) is 3.53. The Labute approximate surface area is 104 Å². The smallest absolute Gasteiger partial charge is 0.0662 e. The normalized spacial score (nSPS) is 36.5. The summed E-state index contributed by atoms with van der Waals surface area (Å²) in [5, 5.41) is 2.34. The van der Waals surface area contributed by atoms with E-state index < -0.39 is 0 Å². The average Bonchev–Trinajstić information content (AvgIpc) is 2.27. The zero-order valence-electron chi connectivity index (χ0n) is 10.8. The van der Waals surface area contributed by atoms with Crippen LogP contribution in [0.5, 0.6) is 0 Å². The second-order valence-corrected chi connectivity index (χ2v) is 5.55. The molecule has 0 aromatic rings. The van der Waals surface area contributed by atoms with Crippen molar-refractivity contribution in [1.29, 1.82) is 0 Å². The third-order valence-electron chi connectivity index (χ3n) is 4.79. The first-order valence-electron chi connectivity index (χ1n) is 7.05. The minimum absolute atomic E-state index is 0.467. The highest BCUT2D eigenvalue weighted by Gasteiger charge is 2.59. The molecule has 0 amide bonds. The van der Waals surface area contributed by atoms with E-state index in [-0.39, 0.29) is 0 Å². The number of morpholine rings is 1. The van der Waals surface area contributed by atoms with Crippen LogP contribution in [-0.2, 0) is 9.47 Å². The van der Waals surface area contributed by atoms with Gasteiger partial charge in [-0.25, -0.2) is 5.01 Å². The average molecular weight is 240 g/mol. The van der Waals surface area contributed by atoms with E-state index in [1.54, 1.807) is 0 Å². The van der Waals surface area contributed by atoms with Crippen LogP contribution in [-0.4, -0.2) is 50.1 Å². The van der Waals surface area contributed by atoms with Crippen molar-refractivity contribution in [1.82, 2.24) is 10.4 Å². The fourth-order valence-corrected chi connectivity index (χ4v) is 3.53. The highest BCUT2D eigenvalue weighted by atomic mass is 16.5. The second kappa shape index (κ2) is 4.84. The Kier molecular flexibility index (Phi) is 3.39. The van der Waals surface area contributed by atoms with Crippen LogP contribution in [0.4, 0.5) is 0 Å². The van der Waals surface area contributed by atoms with Gasteiger partial charge in [0.05, 0.1) is 19.3 Å². The van der Waals surface area contributed by atoms with E-state index in [2.05, 4.69) is 17.4 Å². The van der Waals surface area contributed by atoms with Crippen LogP contribution in [0.1, 0.15) is 32.6 Å². The maximum absolute atomic E-state index is 5.87. The van der Waals surface area contributed by atoms with Gasteiger partial charge in [-0.1, -0.05) is 6.42 Å². The number of ether oxygens (including phenoxy) is 2. The van der Waals surface area contributed by atoms with Crippen molar-refractivity contribution in [3.05, 3.63) is 0 Å². The van der Waals surface area contributed by atoms with Crippen LogP contribution in [0.25, 0.3) is 0 Å². The van der Waals surface area contributed by atoms with Crippen LogP contribution in [0.3, 0.4) is 0 Å². The number of nitrogens with zero attached hydrogens (tertiary/aromatic N) is 1. The third-order valence-corrected chi connectivity index (χ3v) is 4.79. The summed E-state index contributed by atoms with van der Waals surface area (Å²) < 4.78 is 11.3. The summed E-state index contributed by atoms with van der Waals surface area (Å²) in [6.45, 7) is 6.73. The Morgan fingerprint density at radius 3 is 2.71 bits per heavy atom. The van der Waals surface area contributed by atoms with Crippen molar-refractivity contribution in [2.24, 2.45) is 5.41 Å². The quantitative estimate of drug-likeness (QED) is 0.800. The van der Waals surface area contributed by atoms with Crippen LogP contribution in [0.2, 0.25) is 0 Å². The number of hydrazine groups is 1. The molecule has 2 aliphatic carbocycles. The van der Waals surface area contributed by atoms with Crippen LogP contribution in [0.15, 0.2) is 0 Å². The van der Waals surface area contributed by atoms with Crippen molar-refractivity contribution in [2.75, 3.05) is 32.9 Å². The molecule has 0 bridgehead atoms. The van der Waals surface area contributed by atoms with Gasteiger partial charge in [0.2, 0.25) is 0 Å². The summed E-state index contributed by atoms with van der Waals surface area (Å²) in [6.07, 6.45) is 5.77. The van der Waals surface area contributed by atoms with Gasteiger partial charge in [-0.05, 0) is 26.2 Å². The van der Waals surface area contributed by atoms with Crippen LogP contribution < -0.4 is 5.43 Å². The molecule has 2 atom stereocenters. The maximum atomic E-state index is 5.87. The highest BCUT2D eigenvalue weighted by Crippen LogP contribution is 2.57. The fraction of sp³-hybridized carbons (Fsp3) is 1.00. The van der Waals surface area contributed by atoms with Gasteiger partial charge in [0.15, 0.2) is 0 Å². The summed E-state index contributed by atoms with van der Waals surface area (Å²) >= 11 is 0. The second-order valence-electron chi connectivity index (χ2n) is 5.55. The van der Waals surface area contributed by atoms with E-state index >= 15 is 0 Å². The SMILES string of the molecule is CCOC1CC(NN2CCOCC2)C12CCC2. The number of nitrogens with one attached hydrogen (secondary N) is 1. The first kappa shape index (κ1) is 11.9. The molecule has 1 spiro atoms. The van der Waals surface area contributed by atoms with Gasteiger partial charge in [0, 0.05) is 31.2 Å². The van der Waals surface area contributed by atoms with Crippen LogP contribution in [0, 0.1) is 5.41 Å². The Hall–Kier alpha value is -0.160. The number of rotatable bonds is 4. The molecule has 2 unspecified atom stereocenters. The van der Waals surface area contributed by atoms with Crippen molar-refractivity contribution in [3.8, 4) is 0 Å². The van der Waals surface area contributed by atoms with Gasteiger partial charge < -0.3 is 9.47 Å². The van der Waals surface area contributed by atoms with E-state index in [9.17, 15) is 0 Å². The lowest BCUT2D eigenvalue weighted by Crippen LogP contribution is -2.70. The molecule has 2 saturated carbocycles. The molecule has 1 heterocycles. The summed E-state index contributed by atoms with van der Waals surface area (Å²) in [5.74, 6) is 0. The Bertz CT molecular complexity index is 262. The van der Waals surface area contributed by atoms with E-state index in [0.717, 1.165) is 32.9 Å². The van der Waals surface area contributed by atoms with E-state index in [1.807, 2.05) is 0 Å². The van der Waals surface area contributed by atoms with E-state index in [1.165, 1.54) is 25.7 Å². The number of hydrogen-bond donors (Lipinski definition) is 1. The van der Waals surface area contributed by atoms with Gasteiger partial charge in [0.1, 0.15) is 0 Å². The Morgan fingerprint density at radius 1 is 1.35 bits per heavy atom. The molecule has 3 aliphatic rings. The third kappa shape index (κ3) is 2.01. The van der Waals surface area contributed by atoms with Crippen molar-refractivity contribution >= 4 is 0 Å². The topological polar surface area (TPSA) is 33.7 Å². The zero-order valence-corrected chi connectivity index (χ0v) is 10.8. The molecular formula is C13H24N2O2. The molecular weight excluding hydrogens is 216 g/mol. The Balaban J connectivity index is 1.54. The van der Waals surface area contributed by atoms with Gasteiger partial charge in [-0.15, -0.1) is 0 Å². The summed E-state index contributed by atoms with van der Waals surface area (Å²) in [7, 11) is 0. The zero-order chi connectivity index (χ0) is 11.7. The first-order chi connectivity index (χ1) is 8.35. The predicted octanol–water partition coefficient (Wildman–Crippen LogP) is 1.17. The molecule has 0 aromatic heterocycles. The molecule has 1 aliphatic heterocycles. The van der Waals surface area contributed by atoms with Gasteiger partial charge in [-0.3, -0.25) is 5.43 Å². The van der Waals surface area contributed by atoms with E-state index in [4.69, 9.17) is 9.47 Å². The molecule has 3 rings (SSSR count). The van der Waals surface area contributed by atoms with Gasteiger partial charge in [0.25, 0.3) is 0 Å². The molecule has 0 aromatic carbocycles. The lowest BCUT2D eigenvalue weighted by Gasteiger charge is -2.62. The molecule has 0 radical (unpaired) electrons. The largest absolute Gasteiger partial charge is 0.379 e. The summed E-state index contributed by atoms with van der Waals surface area (Å²) in [6, 6.07) is 0.644. The van der Waals surface area contributed by atoms with Crippen LogP contribution >= 0.6 is 0 Å². The summed E-state index contributed by atoms with van der Waals surface area (Å²) in [5.41, 5.74) is 4.18. The molecule has 4 nitrogen and oxygen atoms in total. The lowest BCUT2D eigenvalue weighted by molar-refractivity contribution is -0.189. The molecule has 98 valence electrons. The van der Waals surface area contributed by atoms with Gasteiger partial charge in [-0.2, -0.15) is 0 Å². The van der Waals surface area contributed by atoms with E-state index in [0.29, 0.717) is 17.6 Å². The lowest BCUT2D eigenvalue weighted by atomic mass is 9.51. The molecule has 1 N–H and O–H groups in total. The van der Waals surface area contributed by atoms with Gasteiger partial charge >= 0.3 is 0 Å². The molecule has 1 saturated heterocycles. The molecule has 4 heteroatoms. The molecule has 17 heavy (non-hydrogen) atoms. The van der Waals surface area contributed by atoms with Crippen molar-refractivity contribution in [3.63, 3.8) is 0 Å². The Morgan fingerprint density at radius 2 is 2.12 bits per heavy atom. The predicted molar refractivity (Wildman–Crippen MR) is 65.6 cm³/mol. The number of hydrogen-bond acceptors (Lipinski definition) is 4. The maximum Gasteiger partial charge on any atom is 0.0662 e. The first-order valence-corrected chi connectivity index (χ1v) is 7.05.